The lowest BCUT2D eigenvalue weighted by Crippen LogP contribution is -2.26. The zero-order valence-electron chi connectivity index (χ0n) is 9.12. The van der Waals surface area contributed by atoms with E-state index in [2.05, 4.69) is 0 Å². The van der Waals surface area contributed by atoms with E-state index >= 15 is 0 Å². The Morgan fingerprint density at radius 2 is 1.88 bits per heavy atom. The van der Waals surface area contributed by atoms with Gasteiger partial charge in [0.2, 0.25) is 0 Å². The molecule has 2 rings (SSSR count). The molecule has 1 aromatic rings. The highest BCUT2D eigenvalue weighted by atomic mass is 19.1. The summed E-state index contributed by atoms with van der Waals surface area (Å²) in [5.41, 5.74) is 6.40. The number of nitrogens with two attached hydrogens (primary N) is 1. The summed E-state index contributed by atoms with van der Waals surface area (Å²) in [6.45, 7) is 1.97. The Kier molecular flexibility index (Phi) is 3.21. The van der Waals surface area contributed by atoms with Crippen LogP contribution in [-0.2, 0) is 4.74 Å². The van der Waals surface area contributed by atoms with Crippen molar-refractivity contribution < 1.29 is 13.5 Å². The van der Waals surface area contributed by atoms with Crippen molar-refractivity contribution in [2.24, 2.45) is 5.73 Å². The minimum Gasteiger partial charge on any atom is -0.373 e. The van der Waals surface area contributed by atoms with Gasteiger partial charge in [0.05, 0.1) is 18.2 Å². The molecule has 2 N–H and O–H groups in total. The fourth-order valence-electron chi connectivity index (χ4n) is 2.08. The van der Waals surface area contributed by atoms with Gasteiger partial charge in [-0.3, -0.25) is 0 Å². The highest BCUT2D eigenvalue weighted by Gasteiger charge is 2.28. The predicted octanol–water partition coefficient (Wildman–Crippen LogP) is 2.53. The molecule has 3 unspecified atom stereocenters. The first-order valence-corrected chi connectivity index (χ1v) is 5.43. The van der Waals surface area contributed by atoms with Crippen LogP contribution in [0.5, 0.6) is 0 Å². The van der Waals surface area contributed by atoms with Crippen molar-refractivity contribution in [3.8, 4) is 0 Å². The zero-order chi connectivity index (χ0) is 11.7. The van der Waals surface area contributed by atoms with E-state index in [1.54, 1.807) is 0 Å². The van der Waals surface area contributed by atoms with Gasteiger partial charge in [0.15, 0.2) is 0 Å². The van der Waals surface area contributed by atoms with E-state index in [-0.39, 0.29) is 12.2 Å². The summed E-state index contributed by atoms with van der Waals surface area (Å²) >= 11 is 0. The smallest absolute Gasteiger partial charge is 0.126 e. The Morgan fingerprint density at radius 1 is 1.25 bits per heavy atom. The monoisotopic (exact) mass is 227 g/mol. The summed E-state index contributed by atoms with van der Waals surface area (Å²) in [5.74, 6) is -1.20. The van der Waals surface area contributed by atoms with Crippen LogP contribution in [0.1, 0.15) is 31.4 Å². The summed E-state index contributed by atoms with van der Waals surface area (Å²) < 4.78 is 31.6. The summed E-state index contributed by atoms with van der Waals surface area (Å²) in [4.78, 5) is 0. The van der Waals surface area contributed by atoms with Crippen LogP contribution in [0.25, 0.3) is 0 Å². The quantitative estimate of drug-likeness (QED) is 0.842. The molecule has 1 saturated heterocycles. The number of halogens is 2. The minimum atomic E-state index is -0.600. The molecule has 1 aliphatic rings. The Hall–Kier alpha value is -1.00. The molecule has 88 valence electrons. The standard InChI is InChI=1S/C12H15F2NO/c1-7-2-3-11(16-7)12(15)8-4-9(13)6-10(14)5-8/h4-7,11-12H,2-3,15H2,1H3. The van der Waals surface area contributed by atoms with Crippen LogP contribution in [0.4, 0.5) is 8.78 Å². The molecule has 0 radical (unpaired) electrons. The third kappa shape index (κ3) is 2.39. The van der Waals surface area contributed by atoms with Gasteiger partial charge in [-0.05, 0) is 37.5 Å². The number of hydrogen-bond acceptors (Lipinski definition) is 2. The molecule has 1 aliphatic heterocycles. The van der Waals surface area contributed by atoms with E-state index in [4.69, 9.17) is 10.5 Å². The third-order valence-corrected chi connectivity index (χ3v) is 2.94. The molecular formula is C12H15F2NO. The van der Waals surface area contributed by atoms with Crippen molar-refractivity contribution in [1.82, 2.24) is 0 Å². The summed E-state index contributed by atoms with van der Waals surface area (Å²) in [5, 5.41) is 0. The third-order valence-electron chi connectivity index (χ3n) is 2.94. The molecule has 1 heterocycles. The Morgan fingerprint density at radius 3 is 2.38 bits per heavy atom. The van der Waals surface area contributed by atoms with Crippen molar-refractivity contribution in [2.45, 2.75) is 38.0 Å². The van der Waals surface area contributed by atoms with E-state index in [9.17, 15) is 8.78 Å². The largest absolute Gasteiger partial charge is 0.373 e. The van der Waals surface area contributed by atoms with Gasteiger partial charge in [-0.2, -0.15) is 0 Å². The summed E-state index contributed by atoms with van der Waals surface area (Å²) in [7, 11) is 0. The maximum absolute atomic E-state index is 13.0. The average molecular weight is 227 g/mol. The minimum absolute atomic E-state index is 0.142. The number of ether oxygens (including phenoxy) is 1. The second-order valence-electron chi connectivity index (χ2n) is 4.29. The van der Waals surface area contributed by atoms with Crippen LogP contribution in [0.3, 0.4) is 0 Å². The van der Waals surface area contributed by atoms with E-state index in [1.807, 2.05) is 6.92 Å². The maximum Gasteiger partial charge on any atom is 0.126 e. The van der Waals surface area contributed by atoms with Crippen LogP contribution in [0.15, 0.2) is 18.2 Å². The SMILES string of the molecule is CC1CCC(C(N)c2cc(F)cc(F)c2)O1. The Balaban J connectivity index is 2.17. The molecule has 0 aliphatic carbocycles. The van der Waals surface area contributed by atoms with Gasteiger partial charge >= 0.3 is 0 Å². The number of hydrogen-bond donors (Lipinski definition) is 1. The molecule has 4 heteroatoms. The second-order valence-corrected chi connectivity index (χ2v) is 4.29. The molecule has 0 amide bonds. The van der Waals surface area contributed by atoms with E-state index in [1.165, 1.54) is 12.1 Å². The van der Waals surface area contributed by atoms with Crippen molar-refractivity contribution in [3.63, 3.8) is 0 Å². The Labute approximate surface area is 93.4 Å². The van der Waals surface area contributed by atoms with Crippen molar-refractivity contribution in [2.75, 3.05) is 0 Å². The maximum atomic E-state index is 13.0. The van der Waals surface area contributed by atoms with E-state index < -0.39 is 17.7 Å². The first-order chi connectivity index (χ1) is 7.56. The fraction of sp³-hybridized carbons (Fsp3) is 0.500. The topological polar surface area (TPSA) is 35.2 Å². The van der Waals surface area contributed by atoms with Crippen LogP contribution < -0.4 is 5.73 Å². The molecular weight excluding hydrogens is 212 g/mol. The van der Waals surface area contributed by atoms with Crippen LogP contribution in [-0.4, -0.2) is 12.2 Å². The van der Waals surface area contributed by atoms with Crippen molar-refractivity contribution >= 4 is 0 Å². The van der Waals surface area contributed by atoms with Crippen LogP contribution in [0.2, 0.25) is 0 Å². The molecule has 16 heavy (non-hydrogen) atoms. The van der Waals surface area contributed by atoms with Gasteiger partial charge in [-0.15, -0.1) is 0 Å². The highest BCUT2D eigenvalue weighted by Crippen LogP contribution is 2.29. The molecule has 1 fully saturated rings. The van der Waals surface area contributed by atoms with Gasteiger partial charge in [-0.1, -0.05) is 0 Å². The molecule has 0 aromatic heterocycles. The predicted molar refractivity (Wildman–Crippen MR) is 56.9 cm³/mol. The lowest BCUT2D eigenvalue weighted by molar-refractivity contribution is 0.0400. The van der Waals surface area contributed by atoms with E-state index in [0.29, 0.717) is 5.56 Å². The molecule has 0 saturated carbocycles. The second kappa shape index (κ2) is 4.47. The zero-order valence-corrected chi connectivity index (χ0v) is 9.12. The van der Waals surface area contributed by atoms with Crippen LogP contribution in [0, 0.1) is 11.6 Å². The van der Waals surface area contributed by atoms with Gasteiger partial charge in [0.25, 0.3) is 0 Å². The van der Waals surface area contributed by atoms with Gasteiger partial charge in [0, 0.05) is 6.07 Å². The average Bonchev–Trinajstić information content (AvgIpc) is 2.62. The first kappa shape index (κ1) is 11.5. The van der Waals surface area contributed by atoms with Gasteiger partial charge < -0.3 is 10.5 Å². The fourth-order valence-corrected chi connectivity index (χ4v) is 2.08. The lowest BCUT2D eigenvalue weighted by Gasteiger charge is -2.19. The molecule has 3 atom stereocenters. The van der Waals surface area contributed by atoms with Gasteiger partial charge in [-0.25, -0.2) is 8.78 Å². The van der Waals surface area contributed by atoms with Crippen molar-refractivity contribution in [3.05, 3.63) is 35.4 Å². The first-order valence-electron chi connectivity index (χ1n) is 5.43. The lowest BCUT2D eigenvalue weighted by atomic mass is 10.00. The normalized spacial score (nSPS) is 27.0. The van der Waals surface area contributed by atoms with Gasteiger partial charge in [0.1, 0.15) is 11.6 Å². The Bertz CT molecular complexity index is 363. The molecule has 2 nitrogen and oxygen atoms in total. The molecule has 1 aromatic carbocycles. The summed E-state index contributed by atoms with van der Waals surface area (Å²) in [6.07, 6.45) is 1.81. The van der Waals surface area contributed by atoms with Crippen LogP contribution >= 0.6 is 0 Å². The van der Waals surface area contributed by atoms with Crippen molar-refractivity contribution in [1.29, 1.82) is 0 Å². The number of benzene rings is 1. The molecule has 0 bridgehead atoms. The highest BCUT2D eigenvalue weighted by molar-refractivity contribution is 5.22. The molecule has 0 spiro atoms. The number of rotatable bonds is 2. The summed E-state index contributed by atoms with van der Waals surface area (Å²) in [6, 6.07) is 2.91. The van der Waals surface area contributed by atoms with E-state index in [0.717, 1.165) is 18.9 Å².